The van der Waals surface area contributed by atoms with E-state index in [2.05, 4.69) is 42.2 Å². The molecule has 0 bridgehead atoms. The fourth-order valence-corrected chi connectivity index (χ4v) is 8.27. The molecule has 0 atom stereocenters. The molecule has 0 N–H and O–H groups in total. The molecule has 6 heteroatoms. The zero-order chi connectivity index (χ0) is 19.2. The van der Waals surface area contributed by atoms with E-state index >= 15 is 0 Å². The second-order valence-electron chi connectivity index (χ2n) is 7.59. The lowest BCUT2D eigenvalue weighted by Crippen LogP contribution is -2.55. The van der Waals surface area contributed by atoms with Gasteiger partial charge in [-0.15, -0.1) is 5.54 Å². The summed E-state index contributed by atoms with van der Waals surface area (Å²) in [5.74, 6) is 1.38. The molecule has 0 saturated carbocycles. The number of nitrogens with zero attached hydrogens (tertiary/aromatic N) is 3. The smallest absolute Gasteiger partial charge is 0.272 e. The van der Waals surface area contributed by atoms with Gasteiger partial charge >= 0.3 is 0 Å². The maximum absolute atomic E-state index is 13.0. The summed E-state index contributed by atoms with van der Waals surface area (Å²) in [6.45, 7) is 8.60. The van der Waals surface area contributed by atoms with Gasteiger partial charge in [-0.25, -0.2) is 18.7 Å². The molecule has 1 aliphatic rings. The number of rotatable bonds is 8. The predicted octanol–water partition coefficient (Wildman–Crippen LogP) is 4.81. The number of hydrogen-bond donors (Lipinski definition) is 0. The Morgan fingerprint density at radius 3 is 2.15 bits per heavy atom. The first-order valence-corrected chi connectivity index (χ1v) is 12.4. The maximum Gasteiger partial charge on any atom is 0.272 e. The first-order chi connectivity index (χ1) is 12.3. The van der Waals surface area contributed by atoms with Crippen LogP contribution in [0.15, 0.2) is 6.07 Å². The summed E-state index contributed by atoms with van der Waals surface area (Å²) < 4.78 is 26.0. The van der Waals surface area contributed by atoms with Crippen molar-refractivity contribution in [2.24, 2.45) is 0 Å². The summed E-state index contributed by atoms with van der Waals surface area (Å²) in [5, 5.41) is 0. The van der Waals surface area contributed by atoms with Gasteiger partial charge in [0.05, 0.1) is 19.6 Å². The SMILES string of the molecule is CCC[Si](C#Cc1cc(C)nc(CN2CC(F)(F)C2)n1)(CCC)CCC. The van der Waals surface area contributed by atoms with Gasteiger partial charge < -0.3 is 0 Å². The molecule has 2 rings (SSSR count). The molecule has 1 aliphatic heterocycles. The fourth-order valence-electron chi connectivity index (χ4n) is 3.88. The van der Waals surface area contributed by atoms with E-state index in [1.165, 1.54) is 37.4 Å². The number of hydrogen-bond acceptors (Lipinski definition) is 3. The van der Waals surface area contributed by atoms with Crippen molar-refractivity contribution in [3.63, 3.8) is 0 Å². The first-order valence-electron chi connectivity index (χ1n) is 9.79. The first kappa shape index (κ1) is 21.0. The van der Waals surface area contributed by atoms with Gasteiger partial charge in [-0.3, -0.25) is 4.90 Å². The predicted molar refractivity (Wildman–Crippen MR) is 105 cm³/mol. The topological polar surface area (TPSA) is 29.0 Å². The van der Waals surface area contributed by atoms with Crippen LogP contribution in [0.4, 0.5) is 8.78 Å². The van der Waals surface area contributed by atoms with Crippen molar-refractivity contribution in [1.82, 2.24) is 14.9 Å². The summed E-state index contributed by atoms with van der Waals surface area (Å²) in [7, 11) is -1.59. The minimum Gasteiger partial charge on any atom is -0.284 e. The van der Waals surface area contributed by atoms with Crippen molar-refractivity contribution in [1.29, 1.82) is 0 Å². The molecular weight excluding hydrogens is 348 g/mol. The highest BCUT2D eigenvalue weighted by Gasteiger charge is 2.43. The van der Waals surface area contributed by atoms with E-state index in [-0.39, 0.29) is 13.1 Å². The molecule has 0 unspecified atom stereocenters. The zero-order valence-electron chi connectivity index (χ0n) is 16.5. The molecule has 3 nitrogen and oxygen atoms in total. The van der Waals surface area contributed by atoms with Crippen molar-refractivity contribution < 1.29 is 8.78 Å². The summed E-state index contributed by atoms with van der Waals surface area (Å²) in [6, 6.07) is 5.62. The number of likely N-dealkylation sites (tertiary alicyclic amines) is 1. The van der Waals surface area contributed by atoms with Crippen LogP contribution in [-0.4, -0.2) is 42.0 Å². The van der Waals surface area contributed by atoms with Crippen LogP contribution in [0.5, 0.6) is 0 Å². The second-order valence-corrected chi connectivity index (χ2v) is 11.9. The van der Waals surface area contributed by atoms with Gasteiger partial charge in [0.15, 0.2) is 0 Å². The molecule has 1 aromatic heterocycles. The number of halogens is 2. The third-order valence-electron chi connectivity index (χ3n) is 4.82. The molecule has 2 heterocycles. The number of aromatic nitrogens is 2. The maximum atomic E-state index is 13.0. The van der Waals surface area contributed by atoms with Gasteiger partial charge in [0.2, 0.25) is 0 Å². The van der Waals surface area contributed by atoms with E-state index in [0.29, 0.717) is 12.4 Å². The molecule has 144 valence electrons. The highest BCUT2D eigenvalue weighted by atomic mass is 28.3. The Morgan fingerprint density at radius 2 is 1.65 bits per heavy atom. The highest BCUT2D eigenvalue weighted by molar-refractivity contribution is 6.87. The second kappa shape index (κ2) is 9.05. The average Bonchev–Trinajstić information content (AvgIpc) is 2.51. The van der Waals surface area contributed by atoms with Crippen LogP contribution in [0.3, 0.4) is 0 Å². The molecule has 0 aromatic carbocycles. The van der Waals surface area contributed by atoms with Gasteiger partial charge in [-0.05, 0) is 31.1 Å². The van der Waals surface area contributed by atoms with Crippen molar-refractivity contribution in [2.45, 2.75) is 77.6 Å². The lowest BCUT2D eigenvalue weighted by molar-refractivity contribution is -0.134. The summed E-state index contributed by atoms with van der Waals surface area (Å²) in [6.07, 6.45) is 3.54. The molecule has 1 fully saturated rings. The van der Waals surface area contributed by atoms with Gasteiger partial charge in [0, 0.05) is 5.69 Å². The zero-order valence-corrected chi connectivity index (χ0v) is 17.5. The van der Waals surface area contributed by atoms with Crippen molar-refractivity contribution >= 4 is 8.07 Å². The van der Waals surface area contributed by atoms with Gasteiger partial charge in [0.25, 0.3) is 5.92 Å². The van der Waals surface area contributed by atoms with Gasteiger partial charge in [-0.1, -0.05) is 46.0 Å². The van der Waals surface area contributed by atoms with Crippen LogP contribution in [-0.2, 0) is 6.54 Å². The van der Waals surface area contributed by atoms with E-state index < -0.39 is 14.0 Å². The minimum absolute atomic E-state index is 0.204. The molecule has 0 amide bonds. The monoisotopic (exact) mass is 379 g/mol. The Bertz CT molecular complexity index is 642. The Balaban J connectivity index is 2.18. The molecule has 1 saturated heterocycles. The van der Waals surface area contributed by atoms with Crippen LogP contribution in [0.2, 0.25) is 18.1 Å². The van der Waals surface area contributed by atoms with E-state index in [9.17, 15) is 8.78 Å². The average molecular weight is 380 g/mol. The summed E-state index contributed by atoms with van der Waals surface area (Å²) >= 11 is 0. The van der Waals surface area contributed by atoms with Crippen LogP contribution in [0, 0.1) is 18.4 Å². The van der Waals surface area contributed by atoms with Crippen LogP contribution in [0.1, 0.15) is 57.2 Å². The molecule has 0 spiro atoms. The normalized spacial score (nSPS) is 16.7. The number of alkyl halides is 2. The Kier molecular flexibility index (Phi) is 7.30. The highest BCUT2D eigenvalue weighted by Crippen LogP contribution is 2.28. The molecule has 0 aliphatic carbocycles. The molecule has 1 aromatic rings. The van der Waals surface area contributed by atoms with E-state index in [1.54, 1.807) is 4.90 Å². The van der Waals surface area contributed by atoms with Crippen molar-refractivity contribution in [2.75, 3.05) is 13.1 Å². The lowest BCUT2D eigenvalue weighted by Gasteiger charge is -2.38. The Hall–Kier alpha value is -1.32. The largest absolute Gasteiger partial charge is 0.284 e. The summed E-state index contributed by atoms with van der Waals surface area (Å²) in [5.41, 5.74) is 5.25. The third-order valence-corrected chi connectivity index (χ3v) is 9.84. The minimum atomic E-state index is -2.56. The van der Waals surface area contributed by atoms with Crippen molar-refractivity contribution in [3.05, 3.63) is 23.3 Å². The molecule has 26 heavy (non-hydrogen) atoms. The lowest BCUT2D eigenvalue weighted by atomic mass is 10.1. The number of aryl methyl sites for hydroxylation is 1. The van der Waals surface area contributed by atoms with E-state index in [0.717, 1.165) is 11.4 Å². The standard InChI is InChI=1S/C20H31F2N3Si/c1-5-9-26(10-6-2,11-7-3)12-8-18-13-17(4)23-19(24-18)14-25-15-20(21,22)16-25/h13H,5-7,9-11,14-16H2,1-4H3. The Morgan fingerprint density at radius 1 is 1.08 bits per heavy atom. The van der Waals surface area contributed by atoms with Crippen LogP contribution < -0.4 is 0 Å². The third kappa shape index (κ3) is 5.85. The van der Waals surface area contributed by atoms with Crippen molar-refractivity contribution in [3.8, 4) is 11.5 Å². The van der Waals surface area contributed by atoms with E-state index in [4.69, 9.17) is 0 Å². The van der Waals surface area contributed by atoms with Crippen LogP contribution in [0.25, 0.3) is 0 Å². The van der Waals surface area contributed by atoms with Gasteiger partial charge in [-0.2, -0.15) is 0 Å². The van der Waals surface area contributed by atoms with Gasteiger partial charge in [0.1, 0.15) is 19.6 Å². The molecule has 0 radical (unpaired) electrons. The summed E-state index contributed by atoms with van der Waals surface area (Å²) in [4.78, 5) is 10.6. The molecular formula is C20H31F2N3Si. The fraction of sp³-hybridized carbons (Fsp3) is 0.700. The Labute approximate surface area is 157 Å². The quantitative estimate of drug-likeness (QED) is 0.480. The van der Waals surface area contributed by atoms with E-state index in [1.807, 2.05) is 13.0 Å². The van der Waals surface area contributed by atoms with Crippen LogP contribution >= 0.6 is 0 Å².